The molecule has 0 spiro atoms. The van der Waals surface area contributed by atoms with Crippen molar-refractivity contribution in [1.29, 1.82) is 0 Å². The van der Waals surface area contributed by atoms with E-state index in [1.54, 1.807) is 18.7 Å². The van der Waals surface area contributed by atoms with Crippen LogP contribution in [0, 0.1) is 18.8 Å². The maximum Gasteiger partial charge on any atom is 0.390 e. The lowest BCUT2D eigenvalue weighted by atomic mass is 9.79. The van der Waals surface area contributed by atoms with Gasteiger partial charge in [0, 0.05) is 32.1 Å². The van der Waals surface area contributed by atoms with Gasteiger partial charge in [-0.1, -0.05) is 13.3 Å². The van der Waals surface area contributed by atoms with E-state index >= 15 is 0 Å². The molecule has 190 valence electrons. The largest absolute Gasteiger partial charge is 0.392 e. The molecular formula is C23H32F3N3O4S. The van der Waals surface area contributed by atoms with E-state index in [1.807, 2.05) is 13.8 Å². The normalized spacial score (nSPS) is 21.2. The molecule has 1 amide bonds. The summed E-state index contributed by atoms with van der Waals surface area (Å²) < 4.78 is 40.6. The summed E-state index contributed by atoms with van der Waals surface area (Å²) in [4.78, 5) is 41.2. The number of rotatable bonds is 7. The molecule has 0 bridgehead atoms. The number of aliphatic hydroxyl groups excluding tert-OH is 1. The van der Waals surface area contributed by atoms with E-state index in [1.165, 1.54) is 0 Å². The standard InChI is InChI=1S/C23H32F3N3O4S/c1-5-27(12-15-9-7-8-13(3)17(15)30)20(32)18-14(4)16-19(31)28(6-2)22(33)29(21(16)34-18)11-10-23(24,25)26/h13,15,17,30H,5-12H2,1-4H3. The van der Waals surface area contributed by atoms with E-state index in [9.17, 15) is 32.7 Å². The zero-order valence-electron chi connectivity index (χ0n) is 19.9. The minimum Gasteiger partial charge on any atom is -0.392 e. The van der Waals surface area contributed by atoms with Crippen molar-refractivity contribution in [2.24, 2.45) is 11.8 Å². The van der Waals surface area contributed by atoms with Gasteiger partial charge in [0.25, 0.3) is 11.5 Å². The minimum absolute atomic E-state index is 0.0109. The second kappa shape index (κ2) is 10.2. The fourth-order valence-electron chi connectivity index (χ4n) is 4.80. The Labute approximate surface area is 199 Å². The summed E-state index contributed by atoms with van der Waals surface area (Å²) in [5.41, 5.74) is -1.04. The summed E-state index contributed by atoms with van der Waals surface area (Å²) >= 11 is 0.892. The summed E-state index contributed by atoms with van der Waals surface area (Å²) in [5, 5.41) is 10.7. The third-order valence-electron chi connectivity index (χ3n) is 6.85. The third-order valence-corrected chi connectivity index (χ3v) is 8.15. The molecule has 3 rings (SSSR count). The monoisotopic (exact) mass is 503 g/mol. The number of thiophene rings is 1. The molecule has 7 nitrogen and oxygen atoms in total. The second-order valence-electron chi connectivity index (χ2n) is 9.09. The predicted octanol–water partition coefficient (Wildman–Crippen LogP) is 3.76. The van der Waals surface area contributed by atoms with Gasteiger partial charge in [0.15, 0.2) is 0 Å². The number of fused-ring (bicyclic) bond motifs is 1. The zero-order chi connectivity index (χ0) is 25.4. The van der Waals surface area contributed by atoms with E-state index in [0.29, 0.717) is 18.7 Å². The van der Waals surface area contributed by atoms with Crippen molar-refractivity contribution in [2.75, 3.05) is 13.1 Å². The van der Waals surface area contributed by atoms with Crippen LogP contribution in [0.2, 0.25) is 0 Å². The Morgan fingerprint density at radius 1 is 1.21 bits per heavy atom. The molecule has 2 aromatic heterocycles. The number of aromatic nitrogens is 2. The van der Waals surface area contributed by atoms with E-state index in [-0.39, 0.29) is 39.4 Å². The first-order valence-electron chi connectivity index (χ1n) is 11.7. The molecule has 0 radical (unpaired) electrons. The summed E-state index contributed by atoms with van der Waals surface area (Å²) in [6, 6.07) is 0. The smallest absolute Gasteiger partial charge is 0.390 e. The maximum atomic E-state index is 13.5. The number of carbonyl (C=O) groups excluding carboxylic acids is 1. The van der Waals surface area contributed by atoms with E-state index in [0.717, 1.165) is 39.7 Å². The number of hydrogen-bond acceptors (Lipinski definition) is 5. The van der Waals surface area contributed by atoms with Crippen molar-refractivity contribution in [2.45, 2.75) is 78.7 Å². The molecule has 1 saturated carbocycles. The van der Waals surface area contributed by atoms with E-state index in [2.05, 4.69) is 0 Å². The Morgan fingerprint density at radius 2 is 1.88 bits per heavy atom. The summed E-state index contributed by atoms with van der Waals surface area (Å²) in [5.74, 6) is -0.261. The molecule has 34 heavy (non-hydrogen) atoms. The quantitative estimate of drug-likeness (QED) is 0.624. The SMILES string of the molecule is CCN(CC1CCCC(C)C1O)C(=O)c1sc2c(c1C)c(=O)n(CC)c(=O)n2CCC(F)(F)F. The molecule has 1 fully saturated rings. The van der Waals surface area contributed by atoms with Crippen LogP contribution in [0.15, 0.2) is 9.59 Å². The van der Waals surface area contributed by atoms with Gasteiger partial charge in [-0.2, -0.15) is 13.2 Å². The fraction of sp³-hybridized carbons (Fsp3) is 0.696. The van der Waals surface area contributed by atoms with Crippen molar-refractivity contribution < 1.29 is 23.1 Å². The van der Waals surface area contributed by atoms with Crippen LogP contribution in [0.25, 0.3) is 10.2 Å². The van der Waals surface area contributed by atoms with Crippen molar-refractivity contribution in [3.05, 3.63) is 31.3 Å². The fourth-order valence-corrected chi connectivity index (χ4v) is 6.09. The number of alkyl halides is 3. The Bertz CT molecular complexity index is 1170. The Kier molecular flexibility index (Phi) is 7.96. The molecule has 1 aliphatic carbocycles. The minimum atomic E-state index is -4.47. The molecule has 2 heterocycles. The Balaban J connectivity index is 2.06. The van der Waals surface area contributed by atoms with Gasteiger partial charge in [-0.3, -0.25) is 18.7 Å². The van der Waals surface area contributed by atoms with Crippen LogP contribution in [0.5, 0.6) is 0 Å². The zero-order valence-corrected chi connectivity index (χ0v) is 20.8. The molecule has 0 aromatic carbocycles. The van der Waals surface area contributed by atoms with Gasteiger partial charge in [-0.25, -0.2) is 4.79 Å². The van der Waals surface area contributed by atoms with Gasteiger partial charge in [-0.05, 0) is 45.1 Å². The van der Waals surface area contributed by atoms with Gasteiger partial charge in [0.1, 0.15) is 4.83 Å². The summed E-state index contributed by atoms with van der Waals surface area (Å²) in [7, 11) is 0. The summed E-state index contributed by atoms with van der Waals surface area (Å²) in [6.45, 7) is 7.10. The highest BCUT2D eigenvalue weighted by Crippen LogP contribution is 2.33. The van der Waals surface area contributed by atoms with Crippen molar-refractivity contribution in [3.63, 3.8) is 0 Å². The molecule has 3 atom stereocenters. The number of aryl methyl sites for hydroxylation is 2. The number of carbonyl (C=O) groups is 1. The van der Waals surface area contributed by atoms with Crippen LogP contribution in [-0.2, 0) is 13.1 Å². The van der Waals surface area contributed by atoms with Gasteiger partial charge in [-0.15, -0.1) is 11.3 Å². The van der Waals surface area contributed by atoms with Crippen molar-refractivity contribution in [1.82, 2.24) is 14.0 Å². The number of nitrogens with zero attached hydrogens (tertiary/aromatic N) is 3. The molecule has 11 heteroatoms. The van der Waals surface area contributed by atoms with Crippen molar-refractivity contribution in [3.8, 4) is 0 Å². The van der Waals surface area contributed by atoms with Crippen LogP contribution < -0.4 is 11.2 Å². The van der Waals surface area contributed by atoms with Gasteiger partial charge in [0.05, 0.1) is 22.8 Å². The highest BCUT2D eigenvalue weighted by Gasteiger charge is 2.33. The lowest BCUT2D eigenvalue weighted by Gasteiger charge is -2.36. The maximum absolute atomic E-state index is 13.5. The molecule has 0 saturated heterocycles. The van der Waals surface area contributed by atoms with E-state index < -0.39 is 36.5 Å². The summed E-state index contributed by atoms with van der Waals surface area (Å²) in [6.07, 6.45) is -3.49. The average molecular weight is 504 g/mol. The molecule has 1 N–H and O–H groups in total. The van der Waals surface area contributed by atoms with Gasteiger partial charge >= 0.3 is 11.9 Å². The Hall–Kier alpha value is -2.14. The highest BCUT2D eigenvalue weighted by atomic mass is 32.1. The van der Waals surface area contributed by atoms with Crippen LogP contribution in [0.4, 0.5) is 13.2 Å². The average Bonchev–Trinajstić information content (AvgIpc) is 3.11. The Morgan fingerprint density at radius 3 is 2.47 bits per heavy atom. The lowest BCUT2D eigenvalue weighted by Crippen LogP contribution is -2.42. The first-order valence-corrected chi connectivity index (χ1v) is 12.5. The second-order valence-corrected chi connectivity index (χ2v) is 10.1. The number of amides is 1. The van der Waals surface area contributed by atoms with Crippen molar-refractivity contribution >= 4 is 27.5 Å². The third kappa shape index (κ3) is 5.10. The van der Waals surface area contributed by atoms with Gasteiger partial charge < -0.3 is 10.0 Å². The first-order chi connectivity index (χ1) is 15.9. The topological polar surface area (TPSA) is 84.5 Å². The van der Waals surface area contributed by atoms with Crippen LogP contribution >= 0.6 is 11.3 Å². The number of halogens is 3. The van der Waals surface area contributed by atoms with Gasteiger partial charge in [0.2, 0.25) is 0 Å². The van der Waals surface area contributed by atoms with Crippen LogP contribution in [0.3, 0.4) is 0 Å². The number of hydrogen-bond donors (Lipinski definition) is 1. The first kappa shape index (κ1) is 26.5. The molecule has 1 aliphatic rings. The molecule has 3 unspecified atom stereocenters. The van der Waals surface area contributed by atoms with Crippen LogP contribution in [0.1, 0.15) is 61.7 Å². The lowest BCUT2D eigenvalue weighted by molar-refractivity contribution is -0.136. The molecule has 0 aliphatic heterocycles. The molecule has 2 aromatic rings. The predicted molar refractivity (Wildman–Crippen MR) is 126 cm³/mol. The van der Waals surface area contributed by atoms with Crippen LogP contribution in [-0.4, -0.2) is 50.4 Å². The number of aliphatic hydroxyl groups is 1. The highest BCUT2D eigenvalue weighted by molar-refractivity contribution is 7.20. The van der Waals surface area contributed by atoms with E-state index in [4.69, 9.17) is 0 Å². The molecular weight excluding hydrogens is 471 g/mol.